The van der Waals surface area contributed by atoms with Crippen LogP contribution in [0.4, 0.5) is 13.2 Å². The van der Waals surface area contributed by atoms with Crippen molar-refractivity contribution in [2.75, 3.05) is 13.2 Å². The second-order valence-electron chi connectivity index (χ2n) is 3.85. The average Bonchev–Trinajstić information content (AvgIpc) is 2.37. The van der Waals surface area contributed by atoms with Gasteiger partial charge in [0, 0.05) is 13.2 Å². The van der Waals surface area contributed by atoms with E-state index in [0.29, 0.717) is 13.2 Å². The van der Waals surface area contributed by atoms with Crippen molar-refractivity contribution in [3.8, 4) is 0 Å². The van der Waals surface area contributed by atoms with E-state index in [1.165, 1.54) is 12.1 Å². The molecule has 1 unspecified atom stereocenters. The first kappa shape index (κ1) is 15.9. The number of benzene rings is 1. The zero-order valence-electron chi connectivity index (χ0n) is 10.8. The van der Waals surface area contributed by atoms with Crippen molar-refractivity contribution in [3.63, 3.8) is 0 Å². The zero-order chi connectivity index (χ0) is 14.5. The van der Waals surface area contributed by atoms with Crippen LogP contribution in [0.2, 0.25) is 0 Å². The Kier molecular flexibility index (Phi) is 5.78. The SMILES string of the molecule is CCOC(OCC)C(O)c1cccc(C(F)(F)F)c1. The lowest BCUT2D eigenvalue weighted by atomic mass is 10.1. The third kappa shape index (κ3) is 4.49. The van der Waals surface area contributed by atoms with Gasteiger partial charge in [0.15, 0.2) is 6.29 Å². The molecule has 0 aromatic heterocycles. The van der Waals surface area contributed by atoms with E-state index in [2.05, 4.69) is 0 Å². The number of alkyl halides is 3. The topological polar surface area (TPSA) is 38.7 Å². The minimum atomic E-state index is -4.44. The quantitative estimate of drug-likeness (QED) is 0.812. The predicted molar refractivity (Wildman–Crippen MR) is 63.4 cm³/mol. The van der Waals surface area contributed by atoms with Gasteiger partial charge in [0.25, 0.3) is 0 Å². The maximum absolute atomic E-state index is 12.6. The summed E-state index contributed by atoms with van der Waals surface area (Å²) in [7, 11) is 0. The zero-order valence-corrected chi connectivity index (χ0v) is 10.8. The Bertz CT molecular complexity index is 387. The van der Waals surface area contributed by atoms with Crippen LogP contribution >= 0.6 is 0 Å². The molecule has 0 aliphatic rings. The van der Waals surface area contributed by atoms with Crippen LogP contribution in [0.15, 0.2) is 24.3 Å². The van der Waals surface area contributed by atoms with Gasteiger partial charge in [-0.15, -0.1) is 0 Å². The average molecular weight is 278 g/mol. The van der Waals surface area contributed by atoms with Gasteiger partial charge < -0.3 is 14.6 Å². The van der Waals surface area contributed by atoms with Crippen LogP contribution in [-0.4, -0.2) is 24.6 Å². The van der Waals surface area contributed by atoms with Gasteiger partial charge in [0.05, 0.1) is 5.56 Å². The fourth-order valence-electron chi connectivity index (χ4n) is 1.62. The molecule has 0 radical (unpaired) electrons. The highest BCUT2D eigenvalue weighted by molar-refractivity contribution is 5.27. The number of halogens is 3. The lowest BCUT2D eigenvalue weighted by molar-refractivity contribution is -0.191. The minimum Gasteiger partial charge on any atom is -0.383 e. The molecule has 1 atom stereocenters. The van der Waals surface area contributed by atoms with Gasteiger partial charge >= 0.3 is 6.18 Å². The minimum absolute atomic E-state index is 0.113. The van der Waals surface area contributed by atoms with E-state index in [0.717, 1.165) is 12.1 Å². The molecule has 0 spiro atoms. The Labute approximate surface area is 110 Å². The van der Waals surface area contributed by atoms with Gasteiger partial charge in [-0.05, 0) is 31.5 Å². The van der Waals surface area contributed by atoms with E-state index in [9.17, 15) is 18.3 Å². The largest absolute Gasteiger partial charge is 0.416 e. The Morgan fingerprint density at radius 1 is 1.16 bits per heavy atom. The molecule has 0 saturated heterocycles. The highest BCUT2D eigenvalue weighted by Crippen LogP contribution is 2.31. The highest BCUT2D eigenvalue weighted by atomic mass is 19.4. The second-order valence-corrected chi connectivity index (χ2v) is 3.85. The maximum atomic E-state index is 12.6. The summed E-state index contributed by atoms with van der Waals surface area (Å²) in [4.78, 5) is 0. The summed E-state index contributed by atoms with van der Waals surface area (Å²) in [6.45, 7) is 4.01. The lowest BCUT2D eigenvalue weighted by Crippen LogP contribution is -2.26. The normalized spacial score (nSPS) is 13.8. The Balaban J connectivity index is 2.94. The second kappa shape index (κ2) is 6.88. The number of aliphatic hydroxyl groups excluding tert-OH is 1. The molecule has 0 heterocycles. The summed E-state index contributed by atoms with van der Waals surface area (Å²) in [5, 5.41) is 10.0. The summed E-state index contributed by atoms with van der Waals surface area (Å²) < 4.78 is 48.1. The molecule has 0 amide bonds. The van der Waals surface area contributed by atoms with Gasteiger partial charge in [0.1, 0.15) is 6.10 Å². The number of aliphatic hydroxyl groups is 1. The van der Waals surface area contributed by atoms with Crippen LogP contribution in [0.5, 0.6) is 0 Å². The molecular formula is C13H17F3O3. The molecule has 0 saturated carbocycles. The first-order valence-electron chi connectivity index (χ1n) is 5.98. The van der Waals surface area contributed by atoms with Gasteiger partial charge in [-0.1, -0.05) is 12.1 Å². The molecule has 0 fully saturated rings. The van der Waals surface area contributed by atoms with E-state index in [-0.39, 0.29) is 5.56 Å². The van der Waals surface area contributed by atoms with Gasteiger partial charge in [-0.25, -0.2) is 0 Å². The molecule has 0 aliphatic carbocycles. The van der Waals surface area contributed by atoms with Gasteiger partial charge in [-0.2, -0.15) is 13.2 Å². The predicted octanol–water partition coefficient (Wildman–Crippen LogP) is 3.14. The molecule has 19 heavy (non-hydrogen) atoms. The summed E-state index contributed by atoms with van der Waals surface area (Å²) in [5.74, 6) is 0. The monoisotopic (exact) mass is 278 g/mol. The highest BCUT2D eigenvalue weighted by Gasteiger charge is 2.32. The molecule has 0 aliphatic heterocycles. The smallest absolute Gasteiger partial charge is 0.383 e. The number of rotatable bonds is 6. The molecule has 0 bridgehead atoms. The molecule has 1 aromatic carbocycles. The van der Waals surface area contributed by atoms with Crippen molar-refractivity contribution >= 4 is 0 Å². The maximum Gasteiger partial charge on any atom is 0.416 e. The molecule has 1 N–H and O–H groups in total. The van der Waals surface area contributed by atoms with Crippen LogP contribution < -0.4 is 0 Å². The third-order valence-corrected chi connectivity index (χ3v) is 2.48. The molecular weight excluding hydrogens is 261 g/mol. The molecule has 1 aromatic rings. The van der Waals surface area contributed by atoms with E-state index in [4.69, 9.17) is 9.47 Å². The van der Waals surface area contributed by atoms with E-state index < -0.39 is 24.1 Å². The van der Waals surface area contributed by atoms with E-state index >= 15 is 0 Å². The molecule has 108 valence electrons. The van der Waals surface area contributed by atoms with Crippen LogP contribution in [0.25, 0.3) is 0 Å². The lowest BCUT2D eigenvalue weighted by Gasteiger charge is -2.23. The van der Waals surface area contributed by atoms with Crippen molar-refractivity contribution in [1.29, 1.82) is 0 Å². The van der Waals surface area contributed by atoms with Crippen LogP contribution in [0.3, 0.4) is 0 Å². The van der Waals surface area contributed by atoms with Crippen molar-refractivity contribution in [3.05, 3.63) is 35.4 Å². The first-order chi connectivity index (χ1) is 8.90. The van der Waals surface area contributed by atoms with E-state index in [1.54, 1.807) is 13.8 Å². The Hall–Kier alpha value is -1.11. The van der Waals surface area contributed by atoms with Crippen molar-refractivity contribution in [2.24, 2.45) is 0 Å². The van der Waals surface area contributed by atoms with Crippen molar-refractivity contribution in [2.45, 2.75) is 32.4 Å². The fraction of sp³-hybridized carbons (Fsp3) is 0.538. The molecule has 3 nitrogen and oxygen atoms in total. The van der Waals surface area contributed by atoms with Crippen molar-refractivity contribution in [1.82, 2.24) is 0 Å². The summed E-state index contributed by atoms with van der Waals surface area (Å²) in [5.41, 5.74) is -0.697. The van der Waals surface area contributed by atoms with Gasteiger partial charge in [-0.3, -0.25) is 0 Å². The van der Waals surface area contributed by atoms with Crippen LogP contribution in [0.1, 0.15) is 31.1 Å². The summed E-state index contributed by atoms with van der Waals surface area (Å²) in [6, 6.07) is 4.50. The first-order valence-corrected chi connectivity index (χ1v) is 5.98. The number of ether oxygens (including phenoxy) is 2. The van der Waals surface area contributed by atoms with Crippen molar-refractivity contribution < 1.29 is 27.8 Å². The standard InChI is InChI=1S/C13H17F3O3/c1-3-18-12(19-4-2)11(17)9-6-5-7-10(8-9)13(14,15)16/h5-8,11-12,17H,3-4H2,1-2H3. The number of hydrogen-bond donors (Lipinski definition) is 1. The summed E-state index contributed by atoms with van der Waals surface area (Å²) in [6.07, 6.45) is -6.68. The Morgan fingerprint density at radius 2 is 1.74 bits per heavy atom. The van der Waals surface area contributed by atoms with Gasteiger partial charge in [0.2, 0.25) is 0 Å². The van der Waals surface area contributed by atoms with E-state index in [1.807, 2.05) is 0 Å². The fourth-order valence-corrected chi connectivity index (χ4v) is 1.62. The molecule has 6 heteroatoms. The Morgan fingerprint density at radius 3 is 2.21 bits per heavy atom. The van der Waals surface area contributed by atoms with Crippen LogP contribution in [-0.2, 0) is 15.7 Å². The molecule has 1 rings (SSSR count). The summed E-state index contributed by atoms with van der Waals surface area (Å²) >= 11 is 0. The number of hydrogen-bond acceptors (Lipinski definition) is 3. The van der Waals surface area contributed by atoms with Crippen LogP contribution in [0, 0.1) is 0 Å². The third-order valence-electron chi connectivity index (χ3n) is 2.48.